The van der Waals surface area contributed by atoms with Crippen molar-refractivity contribution in [1.82, 2.24) is 14.5 Å². The highest BCUT2D eigenvalue weighted by Crippen LogP contribution is 2.26. The maximum Gasteiger partial charge on any atom is 0.261 e. The first-order valence-electron chi connectivity index (χ1n) is 12.1. The van der Waals surface area contributed by atoms with E-state index in [2.05, 4.69) is 5.32 Å². The van der Waals surface area contributed by atoms with Crippen molar-refractivity contribution < 1.29 is 22.8 Å². The van der Waals surface area contributed by atoms with E-state index in [0.29, 0.717) is 42.1 Å². The quantitative estimate of drug-likeness (QED) is 0.592. The number of carbonyl (C=O) groups is 3. The molecule has 1 fully saturated rings. The SMILES string of the molecule is CC(C)N1C(=O)c2ccc(C(=O)NCCc3ccc(S(=O)(=O)N4CCCCCC4)cc3)cc2C1=O. The zero-order chi connectivity index (χ0) is 25.2. The molecule has 8 nitrogen and oxygen atoms in total. The van der Waals surface area contributed by atoms with Gasteiger partial charge < -0.3 is 5.32 Å². The number of benzene rings is 2. The van der Waals surface area contributed by atoms with Gasteiger partial charge in [0.05, 0.1) is 16.0 Å². The summed E-state index contributed by atoms with van der Waals surface area (Å²) in [6.45, 7) is 5.01. The van der Waals surface area contributed by atoms with Gasteiger partial charge in [-0.1, -0.05) is 25.0 Å². The average molecular weight is 498 g/mol. The summed E-state index contributed by atoms with van der Waals surface area (Å²) in [5, 5.41) is 2.83. The Bertz CT molecular complexity index is 1230. The van der Waals surface area contributed by atoms with Crippen LogP contribution in [0.2, 0.25) is 0 Å². The van der Waals surface area contributed by atoms with Gasteiger partial charge in [0.2, 0.25) is 10.0 Å². The van der Waals surface area contributed by atoms with Crippen LogP contribution in [0.5, 0.6) is 0 Å². The highest BCUT2D eigenvalue weighted by molar-refractivity contribution is 7.89. The highest BCUT2D eigenvalue weighted by atomic mass is 32.2. The van der Waals surface area contributed by atoms with Crippen LogP contribution in [0.25, 0.3) is 0 Å². The third-order valence-electron chi connectivity index (χ3n) is 6.52. The van der Waals surface area contributed by atoms with Crippen LogP contribution in [0.4, 0.5) is 0 Å². The molecule has 0 bridgehead atoms. The van der Waals surface area contributed by atoms with Crippen molar-refractivity contribution >= 4 is 27.7 Å². The minimum Gasteiger partial charge on any atom is -0.352 e. The van der Waals surface area contributed by atoms with Gasteiger partial charge in [-0.05, 0) is 69.0 Å². The first-order valence-corrected chi connectivity index (χ1v) is 13.5. The maximum absolute atomic E-state index is 12.9. The molecule has 2 heterocycles. The first-order chi connectivity index (χ1) is 16.7. The van der Waals surface area contributed by atoms with Crippen LogP contribution in [0.3, 0.4) is 0 Å². The van der Waals surface area contributed by atoms with E-state index < -0.39 is 10.0 Å². The van der Waals surface area contributed by atoms with Gasteiger partial charge in [-0.2, -0.15) is 4.31 Å². The Balaban J connectivity index is 1.35. The Morgan fingerprint density at radius 2 is 1.54 bits per heavy atom. The molecule has 3 amide bonds. The lowest BCUT2D eigenvalue weighted by molar-refractivity contribution is 0.0609. The number of hydrogen-bond acceptors (Lipinski definition) is 5. The summed E-state index contributed by atoms with van der Waals surface area (Å²) in [4.78, 5) is 39.1. The van der Waals surface area contributed by atoms with Gasteiger partial charge >= 0.3 is 0 Å². The predicted molar refractivity (Wildman–Crippen MR) is 132 cm³/mol. The van der Waals surface area contributed by atoms with Crippen molar-refractivity contribution in [2.75, 3.05) is 19.6 Å². The average Bonchev–Trinajstić information content (AvgIpc) is 3.01. The molecule has 35 heavy (non-hydrogen) atoms. The van der Waals surface area contributed by atoms with Crippen LogP contribution in [0.15, 0.2) is 47.4 Å². The Morgan fingerprint density at radius 3 is 2.17 bits per heavy atom. The number of nitrogens with one attached hydrogen (secondary N) is 1. The molecule has 4 rings (SSSR count). The van der Waals surface area contributed by atoms with Gasteiger partial charge in [-0.25, -0.2) is 8.42 Å². The molecule has 0 spiro atoms. The van der Waals surface area contributed by atoms with E-state index in [1.54, 1.807) is 48.5 Å². The van der Waals surface area contributed by atoms with Gasteiger partial charge in [0.15, 0.2) is 0 Å². The number of hydrogen-bond donors (Lipinski definition) is 1. The van der Waals surface area contributed by atoms with Gasteiger partial charge in [0, 0.05) is 31.2 Å². The van der Waals surface area contributed by atoms with E-state index in [1.807, 2.05) is 0 Å². The Kier molecular flexibility index (Phi) is 7.37. The van der Waals surface area contributed by atoms with Gasteiger partial charge in [-0.3, -0.25) is 19.3 Å². The molecule has 0 radical (unpaired) electrons. The van der Waals surface area contributed by atoms with Crippen LogP contribution in [-0.2, 0) is 16.4 Å². The molecule has 0 atom stereocenters. The summed E-state index contributed by atoms with van der Waals surface area (Å²) in [7, 11) is -3.49. The Hall–Kier alpha value is -3.04. The summed E-state index contributed by atoms with van der Waals surface area (Å²) >= 11 is 0. The zero-order valence-corrected chi connectivity index (χ0v) is 20.9. The third kappa shape index (κ3) is 5.16. The molecule has 9 heteroatoms. The minimum absolute atomic E-state index is 0.248. The van der Waals surface area contributed by atoms with E-state index in [-0.39, 0.29) is 29.3 Å². The maximum atomic E-state index is 12.9. The number of nitrogens with zero attached hydrogens (tertiary/aromatic N) is 2. The molecule has 1 N–H and O–H groups in total. The van der Waals surface area contributed by atoms with Crippen molar-refractivity contribution in [2.24, 2.45) is 0 Å². The van der Waals surface area contributed by atoms with Gasteiger partial charge in [0.25, 0.3) is 17.7 Å². The lowest BCUT2D eigenvalue weighted by Gasteiger charge is -2.20. The van der Waals surface area contributed by atoms with E-state index in [1.165, 1.54) is 17.0 Å². The molecule has 2 aliphatic heterocycles. The fraction of sp³-hybridized carbons (Fsp3) is 0.423. The zero-order valence-electron chi connectivity index (χ0n) is 20.1. The largest absolute Gasteiger partial charge is 0.352 e. The van der Waals surface area contributed by atoms with Gasteiger partial charge in [0.1, 0.15) is 0 Å². The molecule has 0 unspecified atom stereocenters. The lowest BCUT2D eigenvalue weighted by atomic mass is 10.1. The van der Waals surface area contributed by atoms with Crippen LogP contribution in [0.1, 0.15) is 76.2 Å². The van der Waals surface area contributed by atoms with E-state index >= 15 is 0 Å². The monoisotopic (exact) mass is 497 g/mol. The Labute approximate surface area is 206 Å². The number of fused-ring (bicyclic) bond motifs is 1. The first kappa shape index (κ1) is 25.1. The van der Waals surface area contributed by atoms with Gasteiger partial charge in [-0.15, -0.1) is 0 Å². The van der Waals surface area contributed by atoms with Crippen molar-refractivity contribution in [2.45, 2.75) is 56.9 Å². The summed E-state index contributed by atoms with van der Waals surface area (Å²) in [6.07, 6.45) is 4.43. The molecule has 1 saturated heterocycles. The smallest absolute Gasteiger partial charge is 0.261 e. The fourth-order valence-corrected chi connectivity index (χ4v) is 6.07. The second-order valence-electron chi connectivity index (χ2n) is 9.30. The van der Waals surface area contributed by atoms with Crippen LogP contribution in [-0.4, -0.2) is 61.0 Å². The molecular weight excluding hydrogens is 466 g/mol. The number of amides is 3. The van der Waals surface area contributed by atoms with E-state index in [4.69, 9.17) is 0 Å². The number of carbonyl (C=O) groups excluding carboxylic acids is 3. The molecule has 186 valence electrons. The summed E-state index contributed by atoms with van der Waals surface area (Å²) < 4.78 is 27.4. The third-order valence-corrected chi connectivity index (χ3v) is 8.43. The normalized spacial score (nSPS) is 16.9. The summed E-state index contributed by atoms with van der Waals surface area (Å²) in [5.74, 6) is -1.06. The van der Waals surface area contributed by atoms with Crippen molar-refractivity contribution in [1.29, 1.82) is 0 Å². The molecule has 0 saturated carbocycles. The number of imide groups is 1. The number of sulfonamides is 1. The highest BCUT2D eigenvalue weighted by Gasteiger charge is 2.37. The van der Waals surface area contributed by atoms with Crippen molar-refractivity contribution in [3.8, 4) is 0 Å². The van der Waals surface area contributed by atoms with E-state index in [0.717, 1.165) is 31.2 Å². The summed E-state index contributed by atoms with van der Waals surface area (Å²) in [5.41, 5.74) is 1.78. The molecule has 2 aromatic rings. The van der Waals surface area contributed by atoms with Crippen LogP contribution < -0.4 is 5.32 Å². The molecule has 0 aromatic heterocycles. The molecular formula is C26H31N3O5S. The number of rotatable bonds is 7. The second kappa shape index (κ2) is 10.3. The lowest BCUT2D eigenvalue weighted by Crippen LogP contribution is -2.35. The molecule has 2 aromatic carbocycles. The van der Waals surface area contributed by atoms with Crippen LogP contribution in [0, 0.1) is 0 Å². The predicted octanol–water partition coefficient (Wildman–Crippen LogP) is 3.23. The standard InChI is InChI=1S/C26H31N3O5S/c1-18(2)29-25(31)22-12-9-20(17-23(22)26(29)32)24(30)27-14-13-19-7-10-21(11-8-19)35(33,34)28-15-5-3-4-6-16-28/h7-12,17-18H,3-6,13-16H2,1-2H3,(H,27,30). The summed E-state index contributed by atoms with van der Waals surface area (Å²) in [6, 6.07) is 11.1. The van der Waals surface area contributed by atoms with Crippen LogP contribution >= 0.6 is 0 Å². The minimum atomic E-state index is -3.49. The topological polar surface area (TPSA) is 104 Å². The second-order valence-corrected chi connectivity index (χ2v) is 11.2. The molecule has 2 aliphatic rings. The molecule has 0 aliphatic carbocycles. The van der Waals surface area contributed by atoms with Crippen molar-refractivity contribution in [3.05, 3.63) is 64.7 Å². The Morgan fingerprint density at radius 1 is 0.914 bits per heavy atom. The van der Waals surface area contributed by atoms with E-state index in [9.17, 15) is 22.8 Å². The van der Waals surface area contributed by atoms with Crippen molar-refractivity contribution in [3.63, 3.8) is 0 Å². The fourth-order valence-electron chi connectivity index (χ4n) is 4.55.